The third kappa shape index (κ3) is 4.17. The van der Waals surface area contributed by atoms with E-state index in [4.69, 9.17) is 9.47 Å². The number of fused-ring (bicyclic) bond motifs is 1. The van der Waals surface area contributed by atoms with Gasteiger partial charge in [0, 0.05) is 37.3 Å². The molecule has 6 heteroatoms. The molecular weight excluding hydrogens is 359 g/mol. The zero-order valence-electron chi connectivity index (χ0n) is 15.6. The average Bonchev–Trinajstić information content (AvgIpc) is 2.74. The standard InChI is InChI=1S/C22H23FN2O3/c23-18-6-4-17(5-7-18)22(26)24-10-13-25-11-8-16(9-12-25)19-2-1-3-20-21(19)28-15-14-27-20/h1-8H,9-15H2,(H,24,26). The fourth-order valence-corrected chi connectivity index (χ4v) is 3.52. The number of nitrogens with one attached hydrogen (secondary N) is 1. The first-order valence-electron chi connectivity index (χ1n) is 9.55. The molecule has 0 atom stereocenters. The summed E-state index contributed by atoms with van der Waals surface area (Å²) in [6.07, 6.45) is 3.14. The summed E-state index contributed by atoms with van der Waals surface area (Å²) in [4.78, 5) is 14.4. The van der Waals surface area contributed by atoms with E-state index in [0.29, 0.717) is 25.3 Å². The van der Waals surface area contributed by atoms with Gasteiger partial charge in [-0.15, -0.1) is 0 Å². The van der Waals surface area contributed by atoms with Gasteiger partial charge >= 0.3 is 0 Å². The van der Waals surface area contributed by atoms with E-state index in [-0.39, 0.29) is 11.7 Å². The highest BCUT2D eigenvalue weighted by molar-refractivity contribution is 5.94. The summed E-state index contributed by atoms with van der Waals surface area (Å²) in [5.74, 6) is 1.14. The number of nitrogens with zero attached hydrogens (tertiary/aromatic N) is 1. The molecule has 2 heterocycles. The summed E-state index contributed by atoms with van der Waals surface area (Å²) in [6.45, 7) is 4.24. The molecule has 0 aromatic heterocycles. The fraction of sp³-hybridized carbons (Fsp3) is 0.318. The third-order valence-corrected chi connectivity index (χ3v) is 5.03. The maximum Gasteiger partial charge on any atom is 0.251 e. The number of ether oxygens (including phenoxy) is 2. The molecule has 0 unspecified atom stereocenters. The van der Waals surface area contributed by atoms with Crippen molar-refractivity contribution in [3.63, 3.8) is 0 Å². The van der Waals surface area contributed by atoms with Crippen LogP contribution in [-0.4, -0.2) is 50.2 Å². The first kappa shape index (κ1) is 18.5. The van der Waals surface area contributed by atoms with Crippen LogP contribution < -0.4 is 14.8 Å². The normalized spacial score (nSPS) is 16.4. The molecule has 5 nitrogen and oxygen atoms in total. The summed E-state index contributed by atoms with van der Waals surface area (Å²) < 4.78 is 24.4. The van der Waals surface area contributed by atoms with Crippen LogP contribution in [0.15, 0.2) is 48.5 Å². The van der Waals surface area contributed by atoms with E-state index in [1.807, 2.05) is 12.1 Å². The molecule has 2 aromatic carbocycles. The highest BCUT2D eigenvalue weighted by atomic mass is 19.1. The minimum absolute atomic E-state index is 0.179. The van der Waals surface area contributed by atoms with E-state index >= 15 is 0 Å². The molecule has 0 saturated carbocycles. The number of carbonyl (C=O) groups is 1. The van der Waals surface area contributed by atoms with Crippen LogP contribution >= 0.6 is 0 Å². The Morgan fingerprint density at radius 3 is 2.71 bits per heavy atom. The van der Waals surface area contributed by atoms with E-state index in [1.54, 1.807) is 0 Å². The van der Waals surface area contributed by atoms with Crippen molar-refractivity contribution in [2.75, 3.05) is 39.4 Å². The summed E-state index contributed by atoms with van der Waals surface area (Å²) >= 11 is 0. The molecule has 2 aliphatic rings. The Morgan fingerprint density at radius 2 is 1.93 bits per heavy atom. The summed E-state index contributed by atoms with van der Waals surface area (Å²) in [5, 5.41) is 2.89. The highest BCUT2D eigenvalue weighted by Crippen LogP contribution is 2.39. The number of rotatable bonds is 5. The largest absolute Gasteiger partial charge is 0.486 e. The van der Waals surface area contributed by atoms with Gasteiger partial charge in [0.2, 0.25) is 0 Å². The van der Waals surface area contributed by atoms with Gasteiger partial charge in [-0.3, -0.25) is 9.69 Å². The zero-order chi connectivity index (χ0) is 19.3. The summed E-state index contributed by atoms with van der Waals surface area (Å²) in [7, 11) is 0. The maximum absolute atomic E-state index is 12.9. The Balaban J connectivity index is 1.30. The number of hydrogen-bond donors (Lipinski definition) is 1. The molecule has 0 bridgehead atoms. The first-order valence-corrected chi connectivity index (χ1v) is 9.55. The Hall–Kier alpha value is -2.86. The monoisotopic (exact) mass is 382 g/mol. The lowest BCUT2D eigenvalue weighted by Gasteiger charge is -2.28. The van der Waals surface area contributed by atoms with E-state index in [9.17, 15) is 9.18 Å². The lowest BCUT2D eigenvalue weighted by Crippen LogP contribution is -2.37. The van der Waals surface area contributed by atoms with Gasteiger partial charge in [-0.05, 0) is 42.3 Å². The molecule has 0 fully saturated rings. The van der Waals surface area contributed by atoms with Crippen LogP contribution in [0.3, 0.4) is 0 Å². The molecule has 0 saturated heterocycles. The minimum atomic E-state index is -0.343. The van der Waals surface area contributed by atoms with E-state index in [1.165, 1.54) is 29.8 Å². The minimum Gasteiger partial charge on any atom is -0.486 e. The second-order valence-electron chi connectivity index (χ2n) is 6.87. The van der Waals surface area contributed by atoms with E-state index in [2.05, 4.69) is 22.4 Å². The molecule has 1 N–H and O–H groups in total. The number of halogens is 1. The van der Waals surface area contributed by atoms with Gasteiger partial charge in [-0.25, -0.2) is 4.39 Å². The van der Waals surface area contributed by atoms with E-state index < -0.39 is 0 Å². The molecule has 146 valence electrons. The lowest BCUT2D eigenvalue weighted by molar-refractivity contribution is 0.0949. The fourth-order valence-electron chi connectivity index (χ4n) is 3.52. The van der Waals surface area contributed by atoms with Crippen LogP contribution in [0.25, 0.3) is 5.57 Å². The lowest BCUT2D eigenvalue weighted by atomic mass is 9.98. The third-order valence-electron chi connectivity index (χ3n) is 5.03. The van der Waals surface area contributed by atoms with Crippen molar-refractivity contribution in [2.24, 2.45) is 0 Å². The van der Waals surface area contributed by atoms with Crippen molar-refractivity contribution in [1.82, 2.24) is 10.2 Å². The number of benzene rings is 2. The second-order valence-corrected chi connectivity index (χ2v) is 6.87. The second kappa shape index (κ2) is 8.44. The molecule has 0 aliphatic carbocycles. The smallest absolute Gasteiger partial charge is 0.251 e. The summed E-state index contributed by atoms with van der Waals surface area (Å²) in [6, 6.07) is 11.6. The van der Waals surface area contributed by atoms with Crippen molar-refractivity contribution >= 4 is 11.5 Å². The van der Waals surface area contributed by atoms with Crippen LogP contribution in [0.2, 0.25) is 0 Å². The van der Waals surface area contributed by atoms with Gasteiger partial charge in [0.25, 0.3) is 5.91 Å². The van der Waals surface area contributed by atoms with Crippen molar-refractivity contribution < 1.29 is 18.7 Å². The Kier molecular flexibility index (Phi) is 5.58. The predicted molar refractivity (Wildman–Crippen MR) is 105 cm³/mol. The molecular formula is C22H23FN2O3. The number of para-hydroxylation sites is 1. The quantitative estimate of drug-likeness (QED) is 0.863. The molecule has 0 spiro atoms. The average molecular weight is 382 g/mol. The number of amides is 1. The van der Waals surface area contributed by atoms with Gasteiger partial charge in [-0.1, -0.05) is 18.2 Å². The van der Waals surface area contributed by atoms with Crippen molar-refractivity contribution in [1.29, 1.82) is 0 Å². The molecule has 2 aromatic rings. The first-order chi connectivity index (χ1) is 13.7. The maximum atomic E-state index is 12.9. The molecule has 0 radical (unpaired) electrons. The topological polar surface area (TPSA) is 50.8 Å². The van der Waals surface area contributed by atoms with Crippen LogP contribution in [0.4, 0.5) is 4.39 Å². The van der Waals surface area contributed by atoms with Crippen molar-refractivity contribution in [3.05, 3.63) is 65.5 Å². The highest BCUT2D eigenvalue weighted by Gasteiger charge is 2.20. The van der Waals surface area contributed by atoms with Gasteiger partial charge in [-0.2, -0.15) is 0 Å². The summed E-state index contributed by atoms with van der Waals surface area (Å²) in [5.41, 5.74) is 2.86. The number of carbonyl (C=O) groups excluding carboxylic acids is 1. The Bertz CT molecular complexity index is 880. The van der Waals surface area contributed by atoms with Crippen molar-refractivity contribution in [2.45, 2.75) is 6.42 Å². The molecule has 1 amide bonds. The van der Waals surface area contributed by atoms with Crippen LogP contribution in [-0.2, 0) is 0 Å². The molecule has 4 rings (SSSR count). The van der Waals surface area contributed by atoms with Gasteiger partial charge in [0.05, 0.1) is 0 Å². The van der Waals surface area contributed by atoms with Gasteiger partial charge in [0.1, 0.15) is 19.0 Å². The number of hydrogen-bond acceptors (Lipinski definition) is 4. The molecule has 28 heavy (non-hydrogen) atoms. The SMILES string of the molecule is O=C(NCCN1CC=C(c2cccc3c2OCCO3)CC1)c1ccc(F)cc1. The van der Waals surface area contributed by atoms with Gasteiger partial charge in [0.15, 0.2) is 11.5 Å². The Morgan fingerprint density at radius 1 is 1.11 bits per heavy atom. The van der Waals surface area contributed by atoms with Gasteiger partial charge < -0.3 is 14.8 Å². The Labute approximate surface area is 163 Å². The predicted octanol–water partition coefficient (Wildman–Crippen LogP) is 3.12. The van der Waals surface area contributed by atoms with Crippen LogP contribution in [0.5, 0.6) is 11.5 Å². The van der Waals surface area contributed by atoms with Crippen LogP contribution in [0, 0.1) is 5.82 Å². The van der Waals surface area contributed by atoms with Crippen molar-refractivity contribution in [3.8, 4) is 11.5 Å². The molecule has 2 aliphatic heterocycles. The van der Waals surface area contributed by atoms with Crippen LogP contribution in [0.1, 0.15) is 22.3 Å². The van der Waals surface area contributed by atoms with E-state index in [0.717, 1.165) is 43.1 Å². The zero-order valence-corrected chi connectivity index (χ0v) is 15.6.